The molecule has 0 saturated heterocycles. The van der Waals surface area contributed by atoms with Gasteiger partial charge in [-0.3, -0.25) is 0 Å². The van der Waals surface area contributed by atoms with Gasteiger partial charge < -0.3 is 5.11 Å². The standard InChI is InChI=1S/C7H3ClO2S2/c8-3-2-11-4-1-5(7(9)10)12-6(3)4/h1-2H,(H,9,10). The molecule has 0 saturated carbocycles. The number of fused-ring (bicyclic) bond motifs is 1. The van der Waals surface area contributed by atoms with Gasteiger partial charge in [-0.05, 0) is 6.07 Å². The van der Waals surface area contributed by atoms with Crippen molar-refractivity contribution >= 4 is 49.6 Å². The van der Waals surface area contributed by atoms with Crippen molar-refractivity contribution in [3.8, 4) is 0 Å². The van der Waals surface area contributed by atoms with Crippen LogP contribution in [0.15, 0.2) is 11.4 Å². The van der Waals surface area contributed by atoms with Crippen molar-refractivity contribution in [2.45, 2.75) is 0 Å². The molecule has 12 heavy (non-hydrogen) atoms. The first-order valence-electron chi connectivity index (χ1n) is 3.08. The van der Waals surface area contributed by atoms with Gasteiger partial charge >= 0.3 is 5.97 Å². The van der Waals surface area contributed by atoms with Crippen LogP contribution in [0.25, 0.3) is 9.40 Å². The lowest BCUT2D eigenvalue weighted by Crippen LogP contribution is -1.89. The second-order valence-corrected chi connectivity index (χ2v) is 4.56. The number of thiophene rings is 2. The third-order valence-electron chi connectivity index (χ3n) is 1.42. The van der Waals surface area contributed by atoms with Gasteiger partial charge in [0.05, 0.1) is 9.72 Å². The van der Waals surface area contributed by atoms with Crippen molar-refractivity contribution in [3.63, 3.8) is 0 Å². The summed E-state index contributed by atoms with van der Waals surface area (Å²) in [5, 5.41) is 11.1. The fraction of sp³-hybridized carbons (Fsp3) is 0. The third kappa shape index (κ3) is 1.12. The summed E-state index contributed by atoms with van der Waals surface area (Å²) in [6.45, 7) is 0. The highest BCUT2D eigenvalue weighted by Crippen LogP contribution is 2.36. The van der Waals surface area contributed by atoms with E-state index >= 15 is 0 Å². The van der Waals surface area contributed by atoms with Gasteiger partial charge in [-0.25, -0.2) is 4.79 Å². The Balaban J connectivity index is 2.70. The summed E-state index contributed by atoms with van der Waals surface area (Å²) < 4.78 is 1.82. The minimum atomic E-state index is -0.889. The zero-order chi connectivity index (χ0) is 8.72. The van der Waals surface area contributed by atoms with Crippen LogP contribution < -0.4 is 0 Å². The van der Waals surface area contributed by atoms with Crippen LogP contribution >= 0.6 is 34.3 Å². The normalized spacial score (nSPS) is 10.8. The molecule has 2 aromatic rings. The van der Waals surface area contributed by atoms with Crippen LogP contribution in [0, 0.1) is 0 Å². The molecule has 0 bridgehead atoms. The summed E-state index contributed by atoms with van der Waals surface area (Å²) in [4.78, 5) is 10.9. The first-order chi connectivity index (χ1) is 5.68. The van der Waals surface area contributed by atoms with Gasteiger partial charge in [-0.2, -0.15) is 0 Å². The van der Waals surface area contributed by atoms with E-state index in [0.29, 0.717) is 9.90 Å². The SMILES string of the molecule is O=C(O)c1cc2scc(Cl)c2s1. The lowest BCUT2D eigenvalue weighted by molar-refractivity contribution is 0.0702. The molecular formula is C7H3ClO2S2. The Labute approximate surface area is 81.0 Å². The van der Waals surface area contributed by atoms with Crippen molar-refractivity contribution in [1.82, 2.24) is 0 Å². The molecular weight excluding hydrogens is 216 g/mol. The van der Waals surface area contributed by atoms with Crippen molar-refractivity contribution in [2.75, 3.05) is 0 Å². The Morgan fingerprint density at radius 1 is 1.58 bits per heavy atom. The number of carbonyl (C=O) groups is 1. The average molecular weight is 219 g/mol. The van der Waals surface area contributed by atoms with E-state index < -0.39 is 5.97 Å². The highest BCUT2D eigenvalue weighted by atomic mass is 35.5. The van der Waals surface area contributed by atoms with Gasteiger partial charge in [0.15, 0.2) is 0 Å². The van der Waals surface area contributed by atoms with Gasteiger partial charge in [0.25, 0.3) is 0 Å². The van der Waals surface area contributed by atoms with Crippen LogP contribution in [0.2, 0.25) is 5.02 Å². The lowest BCUT2D eigenvalue weighted by atomic mass is 10.4. The summed E-state index contributed by atoms with van der Waals surface area (Å²) >= 11 is 8.50. The van der Waals surface area contributed by atoms with Crippen molar-refractivity contribution in [2.24, 2.45) is 0 Å². The number of hydrogen-bond donors (Lipinski definition) is 1. The summed E-state index contributed by atoms with van der Waals surface area (Å²) in [5.74, 6) is -0.889. The third-order valence-corrected chi connectivity index (χ3v) is 4.17. The zero-order valence-electron chi connectivity index (χ0n) is 5.70. The minimum Gasteiger partial charge on any atom is -0.477 e. The molecule has 0 radical (unpaired) electrons. The van der Waals surface area contributed by atoms with Gasteiger partial charge in [0.1, 0.15) is 4.88 Å². The van der Waals surface area contributed by atoms with Crippen LogP contribution in [0.5, 0.6) is 0 Å². The number of rotatable bonds is 1. The van der Waals surface area contributed by atoms with E-state index in [1.165, 1.54) is 22.7 Å². The predicted molar refractivity (Wildman–Crippen MR) is 51.7 cm³/mol. The number of carboxylic acids is 1. The summed E-state index contributed by atoms with van der Waals surface area (Å²) in [6.07, 6.45) is 0. The van der Waals surface area contributed by atoms with E-state index in [1.54, 1.807) is 6.07 Å². The van der Waals surface area contributed by atoms with Crippen LogP contribution in [-0.2, 0) is 0 Å². The Bertz CT molecular complexity index is 443. The van der Waals surface area contributed by atoms with Gasteiger partial charge in [-0.15, -0.1) is 22.7 Å². The van der Waals surface area contributed by atoms with Crippen molar-refractivity contribution < 1.29 is 9.90 Å². The molecule has 2 rings (SSSR count). The molecule has 0 atom stereocenters. The molecule has 5 heteroatoms. The fourth-order valence-corrected chi connectivity index (χ4v) is 3.28. The summed E-state index contributed by atoms with van der Waals surface area (Å²) in [7, 11) is 0. The topological polar surface area (TPSA) is 37.3 Å². The Kier molecular flexibility index (Phi) is 1.83. The molecule has 0 aromatic carbocycles. The largest absolute Gasteiger partial charge is 0.477 e. The van der Waals surface area contributed by atoms with Crippen LogP contribution in [0.1, 0.15) is 9.67 Å². The Morgan fingerprint density at radius 2 is 2.33 bits per heavy atom. The Morgan fingerprint density at radius 3 is 2.92 bits per heavy atom. The van der Waals surface area contributed by atoms with Gasteiger partial charge in [0, 0.05) is 10.1 Å². The molecule has 0 aliphatic carbocycles. The Hall–Kier alpha value is -0.580. The van der Waals surface area contributed by atoms with Crippen LogP contribution in [0.4, 0.5) is 0 Å². The predicted octanol–water partition coefficient (Wildman–Crippen LogP) is 3.31. The molecule has 0 aliphatic heterocycles. The minimum absolute atomic E-state index is 0.346. The summed E-state index contributed by atoms with van der Waals surface area (Å²) in [5.41, 5.74) is 0. The second kappa shape index (κ2) is 2.73. The van der Waals surface area contributed by atoms with E-state index in [2.05, 4.69) is 0 Å². The number of carboxylic acid groups (broad SMARTS) is 1. The maximum atomic E-state index is 10.6. The van der Waals surface area contributed by atoms with Crippen LogP contribution in [0.3, 0.4) is 0 Å². The van der Waals surface area contributed by atoms with E-state index in [1.807, 2.05) is 5.38 Å². The molecule has 62 valence electrons. The number of hydrogen-bond acceptors (Lipinski definition) is 3. The monoisotopic (exact) mass is 218 g/mol. The van der Waals surface area contributed by atoms with Gasteiger partial charge in [0.2, 0.25) is 0 Å². The van der Waals surface area contributed by atoms with E-state index in [4.69, 9.17) is 16.7 Å². The first-order valence-corrected chi connectivity index (χ1v) is 5.15. The second-order valence-electron chi connectivity index (χ2n) is 2.19. The zero-order valence-corrected chi connectivity index (χ0v) is 8.09. The van der Waals surface area contributed by atoms with Crippen LogP contribution in [-0.4, -0.2) is 11.1 Å². The molecule has 0 unspecified atom stereocenters. The molecule has 0 aliphatic rings. The molecule has 0 amide bonds. The van der Waals surface area contributed by atoms with Crippen molar-refractivity contribution in [1.29, 1.82) is 0 Å². The molecule has 0 fully saturated rings. The van der Waals surface area contributed by atoms with Gasteiger partial charge in [-0.1, -0.05) is 11.6 Å². The number of halogens is 1. The van der Waals surface area contributed by atoms with E-state index in [9.17, 15) is 4.79 Å². The van der Waals surface area contributed by atoms with Crippen molar-refractivity contribution in [3.05, 3.63) is 21.3 Å². The smallest absolute Gasteiger partial charge is 0.345 e. The average Bonchev–Trinajstić information content (AvgIpc) is 2.53. The fourth-order valence-electron chi connectivity index (χ4n) is 0.902. The molecule has 1 N–H and O–H groups in total. The molecule has 0 spiro atoms. The molecule has 2 nitrogen and oxygen atoms in total. The molecule has 2 heterocycles. The summed E-state index contributed by atoms with van der Waals surface area (Å²) in [6, 6.07) is 1.65. The number of aromatic carboxylic acids is 1. The highest BCUT2D eigenvalue weighted by molar-refractivity contribution is 7.28. The molecule has 2 aromatic heterocycles. The lowest BCUT2D eigenvalue weighted by Gasteiger charge is -1.81. The maximum Gasteiger partial charge on any atom is 0.345 e. The van der Waals surface area contributed by atoms with E-state index in [0.717, 1.165) is 9.40 Å². The van der Waals surface area contributed by atoms with E-state index in [-0.39, 0.29) is 0 Å². The first kappa shape index (κ1) is 8.04. The maximum absolute atomic E-state index is 10.6. The quantitative estimate of drug-likeness (QED) is 0.798. The highest BCUT2D eigenvalue weighted by Gasteiger charge is 2.11.